The molecule has 2 rings (SSSR count). The van der Waals surface area contributed by atoms with Gasteiger partial charge >= 0.3 is 0 Å². The van der Waals surface area contributed by atoms with Crippen molar-refractivity contribution in [2.24, 2.45) is 0 Å². The molecule has 0 aromatic carbocycles. The van der Waals surface area contributed by atoms with E-state index in [1.807, 2.05) is 18.5 Å². The first-order valence-electron chi connectivity index (χ1n) is 6.36. The van der Waals surface area contributed by atoms with E-state index in [1.54, 1.807) is 0 Å². The molecule has 0 spiro atoms. The lowest BCUT2D eigenvalue weighted by Crippen LogP contribution is -2.40. The van der Waals surface area contributed by atoms with Crippen molar-refractivity contribution in [3.8, 4) is 0 Å². The van der Waals surface area contributed by atoms with Crippen molar-refractivity contribution in [1.82, 2.24) is 4.98 Å². The van der Waals surface area contributed by atoms with Crippen LogP contribution in [-0.2, 0) is 11.0 Å². The SMILES string of the molecule is CC(C)(C)[Si](C)(C)OCc1cc2cncc(I)c2o1. The maximum Gasteiger partial charge on any atom is 0.192 e. The summed E-state index contributed by atoms with van der Waals surface area (Å²) < 4.78 is 13.1. The lowest BCUT2D eigenvalue weighted by atomic mass is 10.2. The molecular weight excluding hydrogens is 369 g/mol. The standard InChI is InChI=1S/C14H20INO2Si/c1-14(2,3)19(4,5)17-9-11-6-10-7-16-8-12(15)13(10)18-11/h6-8H,9H2,1-5H3. The summed E-state index contributed by atoms with van der Waals surface area (Å²) in [6, 6.07) is 2.03. The Morgan fingerprint density at radius 2 is 2.00 bits per heavy atom. The average molecular weight is 389 g/mol. The maximum absolute atomic E-state index is 6.17. The highest BCUT2D eigenvalue weighted by molar-refractivity contribution is 14.1. The molecule has 2 aromatic rings. The van der Waals surface area contributed by atoms with Gasteiger partial charge in [-0.25, -0.2) is 0 Å². The van der Waals surface area contributed by atoms with E-state index in [-0.39, 0.29) is 5.04 Å². The zero-order valence-corrected chi connectivity index (χ0v) is 15.2. The number of hydrogen-bond donors (Lipinski definition) is 0. The third kappa shape index (κ3) is 3.20. The number of furan rings is 1. The van der Waals surface area contributed by atoms with Crippen LogP contribution in [0.25, 0.3) is 11.0 Å². The molecule has 0 aliphatic rings. The molecule has 5 heteroatoms. The molecule has 3 nitrogen and oxygen atoms in total. The number of aromatic nitrogens is 1. The molecule has 0 N–H and O–H groups in total. The lowest BCUT2D eigenvalue weighted by Gasteiger charge is -2.35. The molecule has 0 unspecified atom stereocenters. The number of hydrogen-bond acceptors (Lipinski definition) is 3. The van der Waals surface area contributed by atoms with Crippen molar-refractivity contribution >= 4 is 41.9 Å². The second-order valence-electron chi connectivity index (χ2n) is 6.30. The first-order chi connectivity index (χ1) is 8.71. The fourth-order valence-corrected chi connectivity index (χ4v) is 3.04. The van der Waals surface area contributed by atoms with E-state index in [0.29, 0.717) is 6.61 Å². The Labute approximate surface area is 129 Å². The van der Waals surface area contributed by atoms with Gasteiger partial charge in [-0.05, 0) is 46.8 Å². The van der Waals surface area contributed by atoms with E-state index in [1.165, 1.54) is 0 Å². The predicted octanol–water partition coefficient (Wildman–Crippen LogP) is 4.95. The summed E-state index contributed by atoms with van der Waals surface area (Å²) in [5.41, 5.74) is 0.907. The highest BCUT2D eigenvalue weighted by Crippen LogP contribution is 2.37. The molecule has 104 valence electrons. The quantitative estimate of drug-likeness (QED) is 0.550. The van der Waals surface area contributed by atoms with Crippen LogP contribution in [0.3, 0.4) is 0 Å². The Morgan fingerprint density at radius 1 is 1.32 bits per heavy atom. The van der Waals surface area contributed by atoms with Gasteiger partial charge in [0.1, 0.15) is 5.76 Å². The summed E-state index contributed by atoms with van der Waals surface area (Å²) in [6.45, 7) is 11.8. The summed E-state index contributed by atoms with van der Waals surface area (Å²) in [4.78, 5) is 4.17. The number of pyridine rings is 1. The Bertz CT molecular complexity index is 587. The molecule has 0 radical (unpaired) electrons. The first kappa shape index (κ1) is 15.0. The van der Waals surface area contributed by atoms with Crippen LogP contribution in [-0.4, -0.2) is 13.3 Å². The molecule has 2 heterocycles. The normalized spacial score (nSPS) is 13.2. The summed E-state index contributed by atoms with van der Waals surface area (Å²) in [5, 5.41) is 1.26. The predicted molar refractivity (Wildman–Crippen MR) is 88.7 cm³/mol. The van der Waals surface area contributed by atoms with Crippen molar-refractivity contribution in [3.05, 3.63) is 27.8 Å². The highest BCUT2D eigenvalue weighted by atomic mass is 127. The molecule has 0 bridgehead atoms. The van der Waals surface area contributed by atoms with Crippen LogP contribution in [0.4, 0.5) is 0 Å². The Kier molecular flexibility index (Phi) is 4.09. The minimum absolute atomic E-state index is 0.217. The highest BCUT2D eigenvalue weighted by Gasteiger charge is 2.37. The van der Waals surface area contributed by atoms with Gasteiger partial charge in [-0.3, -0.25) is 4.98 Å². The van der Waals surface area contributed by atoms with E-state index in [0.717, 1.165) is 20.3 Å². The molecule has 19 heavy (non-hydrogen) atoms. The zero-order chi connectivity index (χ0) is 14.3. The fourth-order valence-electron chi connectivity index (χ4n) is 1.52. The van der Waals surface area contributed by atoms with Gasteiger partial charge in [0.2, 0.25) is 0 Å². The largest absolute Gasteiger partial charge is 0.457 e. The van der Waals surface area contributed by atoms with Crippen LogP contribution in [0.1, 0.15) is 26.5 Å². The second-order valence-corrected chi connectivity index (χ2v) is 12.3. The number of nitrogens with zero attached hydrogens (tertiary/aromatic N) is 1. The monoisotopic (exact) mass is 389 g/mol. The van der Waals surface area contributed by atoms with Crippen LogP contribution in [0.5, 0.6) is 0 Å². The molecule has 0 aliphatic heterocycles. The minimum atomic E-state index is -1.73. The van der Waals surface area contributed by atoms with Crippen molar-refractivity contribution in [2.45, 2.75) is 45.5 Å². The molecular formula is C14H20INO2Si. The van der Waals surface area contributed by atoms with Crippen LogP contribution >= 0.6 is 22.6 Å². The van der Waals surface area contributed by atoms with Crippen molar-refractivity contribution < 1.29 is 8.84 Å². The van der Waals surface area contributed by atoms with Gasteiger partial charge in [-0.1, -0.05) is 20.8 Å². The number of rotatable bonds is 3. The van der Waals surface area contributed by atoms with Crippen LogP contribution in [0.2, 0.25) is 18.1 Å². The van der Waals surface area contributed by atoms with Crippen molar-refractivity contribution in [3.63, 3.8) is 0 Å². The molecule has 0 atom stereocenters. The summed E-state index contributed by atoms with van der Waals surface area (Å²) in [7, 11) is -1.73. The third-order valence-electron chi connectivity index (χ3n) is 3.81. The lowest BCUT2D eigenvalue weighted by molar-refractivity contribution is 0.249. The van der Waals surface area contributed by atoms with E-state index < -0.39 is 8.32 Å². The molecule has 0 fully saturated rings. The smallest absolute Gasteiger partial charge is 0.192 e. The molecule has 2 aromatic heterocycles. The fraction of sp³-hybridized carbons (Fsp3) is 0.500. The molecule has 0 aliphatic carbocycles. The summed E-state index contributed by atoms with van der Waals surface area (Å²) in [5.74, 6) is 0.880. The number of fused-ring (bicyclic) bond motifs is 1. The van der Waals surface area contributed by atoms with Gasteiger partial charge in [-0.15, -0.1) is 0 Å². The third-order valence-corrected chi connectivity index (χ3v) is 9.06. The number of halogens is 1. The maximum atomic E-state index is 6.17. The van der Waals surface area contributed by atoms with Gasteiger partial charge in [0.15, 0.2) is 13.9 Å². The Morgan fingerprint density at radius 3 is 2.58 bits per heavy atom. The van der Waals surface area contributed by atoms with E-state index >= 15 is 0 Å². The van der Waals surface area contributed by atoms with Gasteiger partial charge in [0, 0.05) is 17.8 Å². The Hall–Kier alpha value is -0.403. The summed E-state index contributed by atoms with van der Waals surface area (Å²) in [6.07, 6.45) is 3.64. The molecule has 0 saturated carbocycles. The van der Waals surface area contributed by atoms with Crippen LogP contribution in [0.15, 0.2) is 22.9 Å². The van der Waals surface area contributed by atoms with E-state index in [4.69, 9.17) is 8.84 Å². The second kappa shape index (κ2) is 5.18. The molecule has 0 amide bonds. The van der Waals surface area contributed by atoms with Gasteiger partial charge in [0.25, 0.3) is 0 Å². The molecule has 0 saturated heterocycles. The van der Waals surface area contributed by atoms with E-state index in [9.17, 15) is 0 Å². The van der Waals surface area contributed by atoms with Crippen molar-refractivity contribution in [2.75, 3.05) is 0 Å². The summed E-state index contributed by atoms with van der Waals surface area (Å²) >= 11 is 2.24. The average Bonchev–Trinajstić information content (AvgIpc) is 2.69. The minimum Gasteiger partial charge on any atom is -0.457 e. The Balaban J connectivity index is 2.17. The van der Waals surface area contributed by atoms with Gasteiger partial charge in [-0.2, -0.15) is 0 Å². The van der Waals surface area contributed by atoms with E-state index in [2.05, 4.69) is 61.4 Å². The zero-order valence-electron chi connectivity index (χ0n) is 12.1. The van der Waals surface area contributed by atoms with Crippen molar-refractivity contribution in [1.29, 1.82) is 0 Å². The van der Waals surface area contributed by atoms with Crippen LogP contribution in [0, 0.1) is 3.57 Å². The van der Waals surface area contributed by atoms with Gasteiger partial charge in [0.05, 0.1) is 10.2 Å². The van der Waals surface area contributed by atoms with Gasteiger partial charge < -0.3 is 8.84 Å². The first-order valence-corrected chi connectivity index (χ1v) is 10.4. The topological polar surface area (TPSA) is 35.3 Å². The van der Waals surface area contributed by atoms with Crippen LogP contribution < -0.4 is 0 Å².